The third-order valence-corrected chi connectivity index (χ3v) is 4.06. The van der Waals surface area contributed by atoms with Crippen molar-refractivity contribution in [2.75, 3.05) is 12.9 Å². The Kier molecular flexibility index (Phi) is 6.27. The second-order valence-electron chi connectivity index (χ2n) is 5.35. The minimum absolute atomic E-state index is 0.618. The first-order chi connectivity index (χ1) is 8.90. The second kappa shape index (κ2) is 7.47. The largest absolute Gasteiger partial charge is 0.490 e. The summed E-state index contributed by atoms with van der Waals surface area (Å²) in [5.41, 5.74) is 4.42. The van der Waals surface area contributed by atoms with E-state index in [-0.39, 0.29) is 0 Å². The van der Waals surface area contributed by atoms with Gasteiger partial charge >= 0.3 is 0 Å². The van der Waals surface area contributed by atoms with Crippen LogP contribution in [0.1, 0.15) is 12.5 Å². The van der Waals surface area contributed by atoms with Crippen LogP contribution in [0.2, 0.25) is 19.6 Å². The molecule has 0 unspecified atom stereocenters. The van der Waals surface area contributed by atoms with Crippen LogP contribution in [0.4, 0.5) is 0 Å². The standard InChI is InChI=1S/C16H22OSSi/c1-14(18-2)10-12-17-16-8-6-15(7-9-16)11-13-19(3,4)5/h6-10H,12H2,1-5H3. The molecule has 0 amide bonds. The summed E-state index contributed by atoms with van der Waals surface area (Å²) in [6, 6.07) is 8.01. The zero-order valence-electron chi connectivity index (χ0n) is 12.4. The Hall–Kier alpha value is -1.11. The Morgan fingerprint density at radius 2 is 1.89 bits per heavy atom. The molecule has 0 aliphatic rings. The lowest BCUT2D eigenvalue weighted by molar-refractivity contribution is 0.362. The average Bonchev–Trinajstić information content (AvgIpc) is 2.36. The van der Waals surface area contributed by atoms with Crippen LogP contribution in [0, 0.1) is 11.5 Å². The predicted octanol–water partition coefficient (Wildman–Crippen LogP) is 4.56. The Bertz CT molecular complexity index is 486. The number of allylic oxidation sites excluding steroid dienone is 1. The van der Waals surface area contributed by atoms with Crippen molar-refractivity contribution in [2.24, 2.45) is 0 Å². The van der Waals surface area contributed by atoms with Crippen molar-refractivity contribution in [1.29, 1.82) is 0 Å². The van der Waals surface area contributed by atoms with Crippen LogP contribution >= 0.6 is 11.8 Å². The van der Waals surface area contributed by atoms with E-state index in [0.717, 1.165) is 11.3 Å². The fourth-order valence-corrected chi connectivity index (χ4v) is 1.99. The molecule has 1 aromatic carbocycles. The lowest BCUT2D eigenvalue weighted by atomic mass is 10.2. The summed E-state index contributed by atoms with van der Waals surface area (Å²) in [5.74, 6) is 4.13. The third-order valence-electron chi connectivity index (χ3n) is 2.38. The second-order valence-corrected chi connectivity index (χ2v) is 11.2. The van der Waals surface area contributed by atoms with Crippen molar-refractivity contribution in [2.45, 2.75) is 26.6 Å². The molecular weight excluding hydrogens is 268 g/mol. The van der Waals surface area contributed by atoms with Crippen LogP contribution in [0.15, 0.2) is 35.2 Å². The number of benzene rings is 1. The molecule has 0 aliphatic heterocycles. The molecular formula is C16H22OSSi. The van der Waals surface area contributed by atoms with Crippen LogP contribution in [-0.2, 0) is 0 Å². The number of hydrogen-bond acceptors (Lipinski definition) is 2. The van der Waals surface area contributed by atoms with E-state index in [0.29, 0.717) is 6.61 Å². The van der Waals surface area contributed by atoms with E-state index in [2.05, 4.69) is 50.4 Å². The first-order valence-electron chi connectivity index (χ1n) is 6.37. The normalized spacial score (nSPS) is 11.7. The fourth-order valence-electron chi connectivity index (χ4n) is 1.23. The number of rotatable bonds is 4. The van der Waals surface area contributed by atoms with Gasteiger partial charge in [-0.15, -0.1) is 17.3 Å². The van der Waals surface area contributed by atoms with E-state index in [1.54, 1.807) is 11.8 Å². The number of hydrogen-bond donors (Lipinski definition) is 0. The maximum absolute atomic E-state index is 5.65. The molecule has 0 N–H and O–H groups in total. The van der Waals surface area contributed by atoms with E-state index in [9.17, 15) is 0 Å². The highest BCUT2D eigenvalue weighted by molar-refractivity contribution is 8.02. The molecule has 102 valence electrons. The van der Waals surface area contributed by atoms with E-state index >= 15 is 0 Å². The van der Waals surface area contributed by atoms with Gasteiger partial charge in [-0.3, -0.25) is 0 Å². The molecule has 1 aromatic rings. The van der Waals surface area contributed by atoms with Crippen molar-refractivity contribution < 1.29 is 4.74 Å². The van der Waals surface area contributed by atoms with Crippen molar-refractivity contribution in [3.05, 3.63) is 40.8 Å². The van der Waals surface area contributed by atoms with Crippen LogP contribution in [0.3, 0.4) is 0 Å². The van der Waals surface area contributed by atoms with E-state index in [4.69, 9.17) is 4.74 Å². The molecule has 19 heavy (non-hydrogen) atoms. The highest BCUT2D eigenvalue weighted by Crippen LogP contribution is 2.13. The van der Waals surface area contributed by atoms with Gasteiger partial charge < -0.3 is 4.74 Å². The SMILES string of the molecule is CSC(C)=CCOc1ccc(C#C[Si](C)(C)C)cc1. The van der Waals surface area contributed by atoms with Gasteiger partial charge in [0, 0.05) is 5.56 Å². The predicted molar refractivity (Wildman–Crippen MR) is 89.4 cm³/mol. The van der Waals surface area contributed by atoms with E-state index in [1.165, 1.54) is 4.91 Å². The Labute approximate surface area is 122 Å². The molecule has 0 heterocycles. The highest BCUT2D eigenvalue weighted by Gasteiger charge is 2.07. The summed E-state index contributed by atoms with van der Waals surface area (Å²) >= 11 is 1.74. The van der Waals surface area contributed by atoms with Crippen LogP contribution in [0.25, 0.3) is 0 Å². The summed E-state index contributed by atoms with van der Waals surface area (Å²) in [4.78, 5) is 1.28. The van der Waals surface area contributed by atoms with Crippen molar-refractivity contribution in [1.82, 2.24) is 0 Å². The van der Waals surface area contributed by atoms with Gasteiger partial charge in [0.1, 0.15) is 20.4 Å². The molecule has 0 bridgehead atoms. The lowest BCUT2D eigenvalue weighted by Crippen LogP contribution is -2.16. The number of thioether (sulfide) groups is 1. The molecule has 0 saturated carbocycles. The summed E-state index contributed by atoms with van der Waals surface area (Å²) in [5, 5.41) is 0. The van der Waals surface area contributed by atoms with Crippen molar-refractivity contribution in [3.8, 4) is 17.2 Å². The third kappa shape index (κ3) is 7.14. The van der Waals surface area contributed by atoms with Crippen LogP contribution < -0.4 is 4.74 Å². The van der Waals surface area contributed by atoms with Crippen LogP contribution in [-0.4, -0.2) is 20.9 Å². The average molecular weight is 291 g/mol. The molecule has 1 rings (SSSR count). The van der Waals surface area contributed by atoms with Crippen molar-refractivity contribution in [3.63, 3.8) is 0 Å². The minimum Gasteiger partial charge on any atom is -0.490 e. The van der Waals surface area contributed by atoms with Gasteiger partial charge in [-0.25, -0.2) is 0 Å². The lowest BCUT2D eigenvalue weighted by Gasteiger charge is -2.05. The zero-order valence-corrected chi connectivity index (χ0v) is 14.2. The van der Waals surface area contributed by atoms with Crippen LogP contribution in [0.5, 0.6) is 5.75 Å². The Morgan fingerprint density at radius 3 is 2.42 bits per heavy atom. The van der Waals surface area contributed by atoms with Gasteiger partial charge in [0.2, 0.25) is 0 Å². The molecule has 0 atom stereocenters. The number of ether oxygens (including phenoxy) is 1. The van der Waals surface area contributed by atoms with Gasteiger partial charge in [-0.05, 0) is 48.4 Å². The first kappa shape index (κ1) is 15.9. The maximum Gasteiger partial charge on any atom is 0.129 e. The summed E-state index contributed by atoms with van der Waals surface area (Å²) in [6.07, 6.45) is 4.15. The first-order valence-corrected chi connectivity index (χ1v) is 11.1. The fraction of sp³-hybridized carbons (Fsp3) is 0.375. The van der Waals surface area contributed by atoms with Crippen molar-refractivity contribution >= 4 is 19.8 Å². The molecule has 0 aliphatic carbocycles. The maximum atomic E-state index is 5.65. The minimum atomic E-state index is -1.29. The molecule has 3 heteroatoms. The molecule has 0 fully saturated rings. The van der Waals surface area contributed by atoms with Gasteiger partial charge in [-0.1, -0.05) is 25.6 Å². The summed E-state index contributed by atoms with van der Waals surface area (Å²) < 4.78 is 5.65. The molecule has 0 aromatic heterocycles. The van der Waals surface area contributed by atoms with Gasteiger partial charge in [0.15, 0.2) is 0 Å². The van der Waals surface area contributed by atoms with Gasteiger partial charge in [0.25, 0.3) is 0 Å². The summed E-state index contributed by atoms with van der Waals surface area (Å²) in [6.45, 7) is 9.45. The summed E-state index contributed by atoms with van der Waals surface area (Å²) in [7, 11) is -1.29. The van der Waals surface area contributed by atoms with E-state index < -0.39 is 8.07 Å². The van der Waals surface area contributed by atoms with Gasteiger partial charge in [0.05, 0.1) is 0 Å². The Balaban J connectivity index is 2.59. The molecule has 1 nitrogen and oxygen atoms in total. The van der Waals surface area contributed by atoms with Gasteiger partial charge in [-0.2, -0.15) is 0 Å². The molecule has 0 saturated heterocycles. The zero-order chi connectivity index (χ0) is 14.3. The molecule has 0 radical (unpaired) electrons. The topological polar surface area (TPSA) is 9.23 Å². The highest BCUT2D eigenvalue weighted by atomic mass is 32.2. The quantitative estimate of drug-likeness (QED) is 0.594. The smallest absolute Gasteiger partial charge is 0.129 e. The molecule has 0 spiro atoms. The monoisotopic (exact) mass is 290 g/mol. The Morgan fingerprint density at radius 1 is 1.26 bits per heavy atom. The van der Waals surface area contributed by atoms with E-state index in [1.807, 2.05) is 24.3 Å².